The number of carboxylic acid groups (broad SMARTS) is 1. The number of anilines is 2. The molecule has 2 fully saturated rings. The van der Waals surface area contributed by atoms with Gasteiger partial charge in [-0.1, -0.05) is 12.1 Å². The maximum atomic E-state index is 13.7. The minimum absolute atomic E-state index is 0.291. The summed E-state index contributed by atoms with van der Waals surface area (Å²) < 4.78 is 17.6. The van der Waals surface area contributed by atoms with Crippen molar-refractivity contribution >= 4 is 34.2 Å². The number of aromatic nitrogens is 4. The Hall–Kier alpha value is -4.99. The zero-order valence-electron chi connectivity index (χ0n) is 26.9. The van der Waals surface area contributed by atoms with Gasteiger partial charge in [0.05, 0.1) is 40.1 Å². The highest BCUT2D eigenvalue weighted by atomic mass is 19.1. The molecule has 10 heteroatoms. The molecule has 0 atom stereocenters. The molecule has 1 amide bonds. The second-order valence-corrected chi connectivity index (χ2v) is 13.9. The van der Waals surface area contributed by atoms with Crippen molar-refractivity contribution in [1.82, 2.24) is 19.6 Å². The number of nitrogens with zero attached hydrogens (tertiary/aromatic N) is 5. The van der Waals surface area contributed by atoms with E-state index in [1.165, 1.54) is 12.1 Å². The molecular weight excluding hydrogens is 595 g/mol. The lowest BCUT2D eigenvalue weighted by atomic mass is 9.94. The molecule has 9 nitrogen and oxygen atoms in total. The summed E-state index contributed by atoms with van der Waals surface area (Å²) in [6, 6.07) is 20.0. The first-order valence-corrected chi connectivity index (χ1v) is 16.2. The number of hydrogen-bond acceptors (Lipinski definition) is 5. The summed E-state index contributed by atoms with van der Waals surface area (Å²) in [6.07, 6.45) is 6.89. The average molecular weight is 635 g/mol. The number of rotatable bonds is 8. The van der Waals surface area contributed by atoms with Crippen LogP contribution < -0.4 is 10.2 Å². The Kier molecular flexibility index (Phi) is 7.61. The van der Waals surface area contributed by atoms with Crippen LogP contribution in [-0.2, 0) is 22.3 Å². The van der Waals surface area contributed by atoms with Crippen molar-refractivity contribution in [2.45, 2.75) is 64.0 Å². The number of amides is 1. The third kappa shape index (κ3) is 5.88. The normalized spacial score (nSPS) is 16.4. The monoisotopic (exact) mass is 634 g/mol. The molecule has 1 aliphatic heterocycles. The largest absolute Gasteiger partial charge is 0.481 e. The third-order valence-corrected chi connectivity index (χ3v) is 9.66. The molecular formula is C37H39FN6O3. The Balaban J connectivity index is 1.03. The lowest BCUT2D eigenvalue weighted by Crippen LogP contribution is -2.35. The van der Waals surface area contributed by atoms with Crippen LogP contribution in [0.4, 0.5) is 15.8 Å². The summed E-state index contributed by atoms with van der Waals surface area (Å²) >= 11 is 0. The van der Waals surface area contributed by atoms with Gasteiger partial charge in [-0.25, -0.2) is 4.39 Å². The van der Waals surface area contributed by atoms with Gasteiger partial charge in [-0.05, 0) is 113 Å². The van der Waals surface area contributed by atoms with E-state index in [0.717, 1.165) is 54.6 Å². The van der Waals surface area contributed by atoms with Gasteiger partial charge < -0.3 is 15.3 Å². The Morgan fingerprint density at radius 2 is 1.66 bits per heavy atom. The second-order valence-electron chi connectivity index (χ2n) is 13.9. The van der Waals surface area contributed by atoms with Gasteiger partial charge in [0, 0.05) is 42.0 Å². The molecule has 242 valence electrons. The standard InChI is InChI=1S/C37H39FN6O3/c1-36(2,3)44-33(25-4-9-28(38)10-5-25)31(22-40-44)34(45)41-29-11-6-26-21-39-43(32(26)20-29)23-24-14-18-42(19-15-24)30-12-7-27(8-13-30)37(16-17-37)35(46)47/h4-13,20-22,24H,14-19,23H2,1-3H3,(H,41,45)(H,46,47). The Labute approximate surface area is 273 Å². The number of carboxylic acids is 1. The highest BCUT2D eigenvalue weighted by molar-refractivity contribution is 6.08. The first kappa shape index (κ1) is 30.7. The third-order valence-electron chi connectivity index (χ3n) is 9.66. The minimum Gasteiger partial charge on any atom is -0.481 e. The number of carbonyl (C=O) groups is 2. The summed E-state index contributed by atoms with van der Waals surface area (Å²) in [7, 11) is 0. The van der Waals surface area contributed by atoms with Crippen molar-refractivity contribution in [3.8, 4) is 11.3 Å². The van der Waals surface area contributed by atoms with E-state index >= 15 is 0 Å². The highest BCUT2D eigenvalue weighted by Crippen LogP contribution is 2.48. The molecule has 1 aliphatic carbocycles. The highest BCUT2D eigenvalue weighted by Gasteiger charge is 2.51. The Morgan fingerprint density at radius 1 is 0.957 bits per heavy atom. The van der Waals surface area contributed by atoms with Gasteiger partial charge >= 0.3 is 5.97 Å². The summed E-state index contributed by atoms with van der Waals surface area (Å²) in [6.45, 7) is 8.66. The first-order valence-electron chi connectivity index (χ1n) is 16.2. The SMILES string of the molecule is CC(C)(C)n1ncc(C(=O)Nc2ccc3cnn(CC4CCN(c5ccc(C6(C(=O)O)CC6)cc5)CC4)c3c2)c1-c1ccc(F)cc1. The van der Waals surface area contributed by atoms with Gasteiger partial charge in [0.15, 0.2) is 0 Å². The zero-order chi connectivity index (χ0) is 32.9. The summed E-state index contributed by atoms with van der Waals surface area (Å²) in [5.74, 6) is -0.903. The molecule has 2 aromatic heterocycles. The van der Waals surface area contributed by atoms with E-state index in [4.69, 9.17) is 0 Å². The Morgan fingerprint density at radius 3 is 2.30 bits per heavy atom. The van der Waals surface area contributed by atoms with Crippen LogP contribution in [0.25, 0.3) is 22.2 Å². The molecule has 0 bridgehead atoms. The van der Waals surface area contributed by atoms with E-state index in [-0.39, 0.29) is 11.7 Å². The van der Waals surface area contributed by atoms with E-state index in [1.54, 1.807) is 23.0 Å². The van der Waals surface area contributed by atoms with Crippen LogP contribution in [0, 0.1) is 11.7 Å². The van der Waals surface area contributed by atoms with E-state index in [0.29, 0.717) is 41.3 Å². The van der Waals surface area contributed by atoms with Crippen molar-refractivity contribution in [1.29, 1.82) is 0 Å². The van der Waals surface area contributed by atoms with E-state index < -0.39 is 16.9 Å². The molecule has 5 aromatic rings. The van der Waals surface area contributed by atoms with Crippen LogP contribution in [0.1, 0.15) is 62.4 Å². The molecule has 3 aromatic carbocycles. The number of hydrogen-bond donors (Lipinski definition) is 2. The van der Waals surface area contributed by atoms with Gasteiger partial charge in [-0.3, -0.25) is 19.0 Å². The number of carbonyl (C=O) groups excluding carboxylic acids is 1. The lowest BCUT2D eigenvalue weighted by Gasteiger charge is -2.34. The maximum Gasteiger partial charge on any atom is 0.314 e. The number of halogens is 1. The number of fused-ring (bicyclic) bond motifs is 1. The fourth-order valence-electron chi connectivity index (χ4n) is 6.76. The van der Waals surface area contributed by atoms with E-state index in [2.05, 4.69) is 32.5 Å². The van der Waals surface area contributed by atoms with Crippen LogP contribution in [0.15, 0.2) is 79.1 Å². The second kappa shape index (κ2) is 11.7. The van der Waals surface area contributed by atoms with Crippen LogP contribution in [0.3, 0.4) is 0 Å². The van der Waals surface area contributed by atoms with Crippen molar-refractivity contribution in [3.05, 3.63) is 96.1 Å². The molecule has 3 heterocycles. The summed E-state index contributed by atoms with van der Waals surface area (Å²) in [4.78, 5) is 27.7. The van der Waals surface area contributed by atoms with Gasteiger partial charge in [0.25, 0.3) is 5.91 Å². The topological polar surface area (TPSA) is 105 Å². The first-order chi connectivity index (χ1) is 22.5. The quantitative estimate of drug-likeness (QED) is 0.189. The van der Waals surface area contributed by atoms with Gasteiger partial charge in [-0.2, -0.15) is 10.2 Å². The smallest absolute Gasteiger partial charge is 0.314 e. The van der Waals surface area contributed by atoms with Crippen LogP contribution in [0.5, 0.6) is 0 Å². The molecule has 0 spiro atoms. The fourth-order valence-corrected chi connectivity index (χ4v) is 6.76. The van der Waals surface area contributed by atoms with Crippen molar-refractivity contribution < 1.29 is 19.1 Å². The Bertz CT molecular complexity index is 1940. The summed E-state index contributed by atoms with van der Waals surface area (Å²) in [5.41, 5.74) is 4.34. The molecule has 2 N–H and O–H groups in total. The van der Waals surface area contributed by atoms with E-state index in [1.807, 2.05) is 62.0 Å². The molecule has 7 rings (SSSR count). The van der Waals surface area contributed by atoms with Crippen LogP contribution in [0.2, 0.25) is 0 Å². The summed E-state index contributed by atoms with van der Waals surface area (Å²) in [5, 5.41) is 22.9. The molecule has 0 radical (unpaired) electrons. The molecule has 1 saturated heterocycles. The van der Waals surface area contributed by atoms with Gasteiger partial charge in [0.2, 0.25) is 0 Å². The predicted octanol–water partition coefficient (Wildman–Crippen LogP) is 7.08. The molecule has 2 aliphatic rings. The van der Waals surface area contributed by atoms with Crippen molar-refractivity contribution in [2.24, 2.45) is 5.92 Å². The van der Waals surface area contributed by atoms with Crippen molar-refractivity contribution in [2.75, 3.05) is 23.3 Å². The van der Waals surface area contributed by atoms with E-state index in [9.17, 15) is 19.1 Å². The molecule has 1 saturated carbocycles. The average Bonchev–Trinajstić information content (AvgIpc) is 3.60. The minimum atomic E-state index is -0.726. The number of benzene rings is 3. The van der Waals surface area contributed by atoms with Crippen LogP contribution >= 0.6 is 0 Å². The molecule has 47 heavy (non-hydrogen) atoms. The zero-order valence-corrected chi connectivity index (χ0v) is 26.9. The van der Waals surface area contributed by atoms with Crippen molar-refractivity contribution in [3.63, 3.8) is 0 Å². The van der Waals surface area contributed by atoms with Gasteiger partial charge in [0.1, 0.15) is 5.82 Å². The lowest BCUT2D eigenvalue weighted by molar-refractivity contribution is -0.140. The fraction of sp³-hybridized carbons (Fsp3) is 0.351. The van der Waals surface area contributed by atoms with Crippen LogP contribution in [-0.4, -0.2) is 49.6 Å². The predicted molar refractivity (Wildman–Crippen MR) is 180 cm³/mol. The molecule has 0 unspecified atom stereocenters. The number of aliphatic carboxylic acids is 1. The van der Waals surface area contributed by atoms with Gasteiger partial charge in [-0.15, -0.1) is 0 Å². The maximum absolute atomic E-state index is 13.7. The number of nitrogens with one attached hydrogen (secondary N) is 1. The number of piperidine rings is 1.